The molecule has 4 nitrogen and oxygen atoms in total. The van der Waals surface area contributed by atoms with Gasteiger partial charge in [0.05, 0.1) is 12.3 Å². The molecule has 0 fully saturated rings. The quantitative estimate of drug-likeness (QED) is 0.650. The highest BCUT2D eigenvalue weighted by Gasteiger charge is 2.44. The maximum atomic E-state index is 12.8. The number of methoxy groups -OCH3 is 1. The van der Waals surface area contributed by atoms with Gasteiger partial charge in [0.2, 0.25) is 0 Å². The molecule has 9 heteroatoms. The molecule has 1 aromatic rings. The molecule has 1 atom stereocenters. The maximum Gasteiger partial charge on any atom is 0.418 e. The summed E-state index contributed by atoms with van der Waals surface area (Å²) in [5.41, 5.74) is 0.365. The summed E-state index contributed by atoms with van der Waals surface area (Å²) in [7, 11) is 2.55. The highest BCUT2D eigenvalue weighted by Crippen LogP contribution is 2.33. The number of rotatable bonds is 5. The zero-order valence-corrected chi connectivity index (χ0v) is 12.9. The molecule has 2 amide bonds. The minimum absolute atomic E-state index is 0.273. The molecule has 0 aliphatic carbocycles. The number of ether oxygens (including phenoxy) is 1. The third kappa shape index (κ3) is 5.20. The van der Waals surface area contributed by atoms with Crippen LogP contribution in [-0.2, 0) is 0 Å². The van der Waals surface area contributed by atoms with Gasteiger partial charge in [-0.1, -0.05) is 0 Å². The van der Waals surface area contributed by atoms with Crippen LogP contribution in [0.5, 0.6) is 5.75 Å². The molecule has 1 aromatic carbocycles. The average Bonchev–Trinajstić information content (AvgIpc) is 2.43. The molecule has 0 aromatic heterocycles. The van der Waals surface area contributed by atoms with Crippen molar-refractivity contribution in [2.75, 3.05) is 24.7 Å². The van der Waals surface area contributed by atoms with E-state index >= 15 is 0 Å². The standard InChI is InChI=1S/C12H14ClF3N2O2S/c1-18(10(21-7-13)12(14,15)16)11(19)17-8-3-5-9(20-2)6-4-8/h3-6,10H,7H2,1-2H3,(H,17,19). The minimum Gasteiger partial charge on any atom is -0.497 e. The van der Waals surface area contributed by atoms with E-state index in [1.54, 1.807) is 12.1 Å². The Hall–Kier alpha value is -1.28. The molecule has 1 rings (SSSR count). The summed E-state index contributed by atoms with van der Waals surface area (Å²) in [5, 5.41) is 0.0993. The van der Waals surface area contributed by atoms with Crippen molar-refractivity contribution in [3.8, 4) is 5.75 Å². The fraction of sp³-hybridized carbons (Fsp3) is 0.417. The van der Waals surface area contributed by atoms with Gasteiger partial charge in [-0.05, 0) is 24.3 Å². The van der Waals surface area contributed by atoms with Crippen molar-refractivity contribution in [1.29, 1.82) is 0 Å². The third-order valence-corrected chi connectivity index (χ3v) is 3.92. The monoisotopic (exact) mass is 342 g/mol. The van der Waals surface area contributed by atoms with Crippen LogP contribution in [0.25, 0.3) is 0 Å². The Balaban J connectivity index is 2.75. The van der Waals surface area contributed by atoms with Crippen LogP contribution < -0.4 is 10.1 Å². The lowest BCUT2D eigenvalue weighted by Crippen LogP contribution is -2.46. The summed E-state index contributed by atoms with van der Waals surface area (Å²) in [6.45, 7) is 0. The first-order chi connectivity index (χ1) is 9.79. The van der Waals surface area contributed by atoms with Crippen LogP contribution in [0.3, 0.4) is 0 Å². The Morgan fingerprint density at radius 2 is 2.00 bits per heavy atom. The molecule has 0 spiro atoms. The number of alkyl halides is 4. The summed E-state index contributed by atoms with van der Waals surface area (Å²) >= 11 is 5.76. The lowest BCUT2D eigenvalue weighted by Gasteiger charge is -2.28. The smallest absolute Gasteiger partial charge is 0.418 e. The highest BCUT2D eigenvalue weighted by molar-refractivity contribution is 8.01. The van der Waals surface area contributed by atoms with Gasteiger partial charge in [-0.2, -0.15) is 13.2 Å². The fourth-order valence-electron chi connectivity index (χ4n) is 1.48. The van der Waals surface area contributed by atoms with Crippen molar-refractivity contribution in [3.63, 3.8) is 0 Å². The van der Waals surface area contributed by atoms with Crippen molar-refractivity contribution >= 4 is 35.1 Å². The molecule has 1 unspecified atom stereocenters. The summed E-state index contributed by atoms with van der Waals surface area (Å²) in [5.74, 6) is 0.576. The molecule has 0 saturated carbocycles. The van der Waals surface area contributed by atoms with E-state index < -0.39 is 17.6 Å². The van der Waals surface area contributed by atoms with Gasteiger partial charge in [0.25, 0.3) is 0 Å². The van der Waals surface area contributed by atoms with Gasteiger partial charge in [-0.15, -0.1) is 23.4 Å². The van der Waals surface area contributed by atoms with E-state index in [4.69, 9.17) is 16.3 Å². The molecule has 21 heavy (non-hydrogen) atoms. The van der Waals surface area contributed by atoms with E-state index in [1.165, 1.54) is 19.2 Å². The van der Waals surface area contributed by atoms with Gasteiger partial charge in [0.15, 0.2) is 5.37 Å². The summed E-state index contributed by atoms with van der Waals surface area (Å²) in [4.78, 5) is 12.4. The number of carbonyl (C=O) groups is 1. The molecule has 0 heterocycles. The van der Waals surface area contributed by atoms with Crippen molar-refractivity contribution < 1.29 is 22.7 Å². The molecule has 118 valence electrons. The molecule has 0 aliphatic heterocycles. The molecular weight excluding hydrogens is 329 g/mol. The second kappa shape index (κ2) is 7.65. The maximum absolute atomic E-state index is 12.8. The van der Waals surface area contributed by atoms with Crippen molar-refractivity contribution in [3.05, 3.63) is 24.3 Å². The second-order valence-electron chi connectivity index (χ2n) is 3.94. The number of nitrogens with zero attached hydrogens (tertiary/aromatic N) is 1. The Labute approximate surface area is 129 Å². The fourth-order valence-corrected chi connectivity index (χ4v) is 2.46. The number of carbonyl (C=O) groups excluding carboxylic acids is 1. The van der Waals surface area contributed by atoms with Gasteiger partial charge in [-0.3, -0.25) is 0 Å². The summed E-state index contributed by atoms with van der Waals surface area (Å²) < 4.78 is 43.5. The Bertz CT molecular complexity index is 471. The summed E-state index contributed by atoms with van der Waals surface area (Å²) in [6, 6.07) is 5.36. The van der Waals surface area contributed by atoms with Crippen LogP contribution in [0.4, 0.5) is 23.7 Å². The number of thioether (sulfide) groups is 1. The topological polar surface area (TPSA) is 41.6 Å². The molecule has 0 radical (unpaired) electrons. The normalized spacial score (nSPS) is 12.7. The number of hydrogen-bond donors (Lipinski definition) is 1. The first-order valence-electron chi connectivity index (χ1n) is 5.71. The number of halogens is 4. The van der Waals surface area contributed by atoms with Gasteiger partial charge >= 0.3 is 12.2 Å². The molecule has 0 aliphatic rings. The van der Waals surface area contributed by atoms with Crippen LogP contribution in [0.1, 0.15) is 0 Å². The van der Waals surface area contributed by atoms with Gasteiger partial charge in [0.1, 0.15) is 5.75 Å². The average molecular weight is 343 g/mol. The van der Waals surface area contributed by atoms with E-state index in [1.807, 2.05) is 0 Å². The van der Waals surface area contributed by atoms with Crippen LogP contribution in [0.2, 0.25) is 0 Å². The van der Waals surface area contributed by atoms with Crippen molar-refractivity contribution in [2.24, 2.45) is 0 Å². The number of anilines is 1. The van der Waals surface area contributed by atoms with E-state index in [9.17, 15) is 18.0 Å². The van der Waals surface area contributed by atoms with Crippen LogP contribution in [0, 0.1) is 0 Å². The van der Waals surface area contributed by atoms with Crippen molar-refractivity contribution in [1.82, 2.24) is 4.90 Å². The minimum atomic E-state index is -4.56. The number of urea groups is 1. The van der Waals surface area contributed by atoms with E-state index in [-0.39, 0.29) is 5.21 Å². The molecule has 0 saturated heterocycles. The second-order valence-corrected chi connectivity index (χ2v) is 5.59. The molecule has 0 bridgehead atoms. The lowest BCUT2D eigenvalue weighted by atomic mass is 10.3. The third-order valence-electron chi connectivity index (χ3n) is 2.51. The first kappa shape index (κ1) is 17.8. The first-order valence-corrected chi connectivity index (χ1v) is 7.30. The van der Waals surface area contributed by atoms with Gasteiger partial charge in [0, 0.05) is 12.7 Å². The lowest BCUT2D eigenvalue weighted by molar-refractivity contribution is -0.148. The van der Waals surface area contributed by atoms with E-state index in [2.05, 4.69) is 5.32 Å². The molecular formula is C12H14ClF3N2O2S. The Morgan fingerprint density at radius 1 is 1.43 bits per heavy atom. The number of benzene rings is 1. The zero-order valence-electron chi connectivity index (χ0n) is 11.3. The number of hydrogen-bond acceptors (Lipinski definition) is 3. The predicted octanol–water partition coefficient (Wildman–Crippen LogP) is 3.98. The van der Waals surface area contributed by atoms with Crippen LogP contribution in [-0.4, -0.2) is 41.9 Å². The number of amides is 2. The summed E-state index contributed by atoms with van der Waals surface area (Å²) in [6.07, 6.45) is -4.56. The Kier molecular flexibility index (Phi) is 6.47. The van der Waals surface area contributed by atoms with E-state index in [0.29, 0.717) is 28.1 Å². The predicted molar refractivity (Wildman–Crippen MR) is 77.9 cm³/mol. The van der Waals surface area contributed by atoms with E-state index in [0.717, 1.165) is 7.05 Å². The van der Waals surface area contributed by atoms with Crippen LogP contribution >= 0.6 is 23.4 Å². The van der Waals surface area contributed by atoms with Crippen molar-refractivity contribution in [2.45, 2.75) is 11.6 Å². The van der Waals surface area contributed by atoms with Gasteiger partial charge in [-0.25, -0.2) is 4.79 Å². The SMILES string of the molecule is COc1ccc(NC(=O)N(C)C(SCCl)C(F)(F)F)cc1. The zero-order chi connectivity index (χ0) is 16.0. The Morgan fingerprint density at radius 3 is 2.43 bits per heavy atom. The van der Waals surface area contributed by atoms with Gasteiger partial charge < -0.3 is 15.0 Å². The molecule has 1 N–H and O–H groups in total. The highest BCUT2D eigenvalue weighted by atomic mass is 35.5. The van der Waals surface area contributed by atoms with Crippen LogP contribution in [0.15, 0.2) is 24.3 Å². The largest absolute Gasteiger partial charge is 0.497 e. The number of nitrogens with one attached hydrogen (secondary N) is 1.